The van der Waals surface area contributed by atoms with E-state index in [1.807, 2.05) is 43.3 Å². The molecule has 0 fully saturated rings. The van der Waals surface area contributed by atoms with Gasteiger partial charge in [-0.2, -0.15) is 5.26 Å². The summed E-state index contributed by atoms with van der Waals surface area (Å²) in [5, 5.41) is 12.6. The lowest BCUT2D eigenvalue weighted by Crippen LogP contribution is -2.15. The molecule has 0 saturated carbocycles. The van der Waals surface area contributed by atoms with E-state index in [0.717, 1.165) is 10.4 Å². The van der Waals surface area contributed by atoms with E-state index in [4.69, 9.17) is 9.47 Å². The van der Waals surface area contributed by atoms with Crippen molar-refractivity contribution in [2.24, 2.45) is 0 Å². The smallest absolute Gasteiger partial charge is 0.341 e. The summed E-state index contributed by atoms with van der Waals surface area (Å²) in [4.78, 5) is 26.1. The largest absolute Gasteiger partial charge is 0.494 e. The number of benzene rings is 2. The van der Waals surface area contributed by atoms with Crippen LogP contribution in [0.4, 0.5) is 5.00 Å². The Hall–Kier alpha value is -3.89. The maximum Gasteiger partial charge on any atom is 0.341 e. The molecule has 0 unspecified atom stereocenters. The van der Waals surface area contributed by atoms with Gasteiger partial charge in [0, 0.05) is 4.88 Å². The minimum Gasteiger partial charge on any atom is -0.494 e. The third kappa shape index (κ3) is 5.62. The Kier molecular flexibility index (Phi) is 7.79. The van der Waals surface area contributed by atoms with Crippen molar-refractivity contribution in [3.8, 4) is 22.3 Å². The van der Waals surface area contributed by atoms with Crippen LogP contribution in [-0.2, 0) is 9.53 Å². The first kappa shape index (κ1) is 22.8. The fourth-order valence-electron chi connectivity index (χ4n) is 2.90. The second-order valence-electron chi connectivity index (χ2n) is 6.57. The van der Waals surface area contributed by atoms with E-state index in [2.05, 4.69) is 5.32 Å². The minimum atomic E-state index is -0.603. The van der Waals surface area contributed by atoms with Crippen LogP contribution in [0.5, 0.6) is 5.75 Å². The molecule has 1 N–H and O–H groups in total. The Balaban J connectivity index is 1.88. The molecule has 0 bridgehead atoms. The third-order valence-corrected chi connectivity index (χ3v) is 5.48. The summed E-state index contributed by atoms with van der Waals surface area (Å²) in [5.41, 5.74) is 1.76. The highest BCUT2D eigenvalue weighted by atomic mass is 32.1. The summed E-state index contributed by atoms with van der Waals surface area (Å²) < 4.78 is 10.5. The number of ether oxygens (including phenoxy) is 2. The Morgan fingerprint density at radius 3 is 2.41 bits per heavy atom. The number of esters is 1. The van der Waals surface area contributed by atoms with Crippen molar-refractivity contribution < 1.29 is 19.1 Å². The normalized spacial score (nSPS) is 10.8. The molecule has 0 aliphatic rings. The van der Waals surface area contributed by atoms with Gasteiger partial charge in [-0.15, -0.1) is 11.3 Å². The SMILES string of the molecule is CCOC(=O)c1cc(-c2ccccc2)sc1NC(=O)C(C#N)=Cc1ccc(OCC)cc1. The number of anilines is 1. The molecule has 1 aromatic heterocycles. The zero-order chi connectivity index (χ0) is 22.9. The number of amides is 1. The second-order valence-corrected chi connectivity index (χ2v) is 7.62. The maximum atomic E-state index is 12.8. The number of hydrogen-bond donors (Lipinski definition) is 1. The van der Waals surface area contributed by atoms with Crippen molar-refractivity contribution in [1.29, 1.82) is 5.26 Å². The van der Waals surface area contributed by atoms with E-state index in [1.54, 1.807) is 37.3 Å². The lowest BCUT2D eigenvalue weighted by Gasteiger charge is -2.06. The summed E-state index contributed by atoms with van der Waals surface area (Å²) in [5.74, 6) is -0.428. The molecule has 1 heterocycles. The van der Waals surface area contributed by atoms with Crippen LogP contribution in [-0.4, -0.2) is 25.1 Å². The third-order valence-electron chi connectivity index (χ3n) is 4.38. The number of nitriles is 1. The molecular weight excluding hydrogens is 424 g/mol. The van der Waals surface area contributed by atoms with E-state index in [1.165, 1.54) is 17.4 Å². The van der Waals surface area contributed by atoms with Crippen molar-refractivity contribution in [3.05, 3.63) is 77.4 Å². The number of carbonyl (C=O) groups excluding carboxylic acids is 2. The predicted octanol–water partition coefficient (Wildman–Crippen LogP) is 5.54. The van der Waals surface area contributed by atoms with Crippen molar-refractivity contribution >= 4 is 34.3 Å². The zero-order valence-corrected chi connectivity index (χ0v) is 18.6. The van der Waals surface area contributed by atoms with Crippen LogP contribution in [0.1, 0.15) is 29.8 Å². The van der Waals surface area contributed by atoms with Crippen LogP contribution in [0.15, 0.2) is 66.2 Å². The molecule has 0 atom stereocenters. The highest BCUT2D eigenvalue weighted by Gasteiger charge is 2.21. The van der Waals surface area contributed by atoms with Crippen LogP contribution >= 0.6 is 11.3 Å². The molecule has 0 aliphatic heterocycles. The van der Waals surface area contributed by atoms with Gasteiger partial charge in [0.2, 0.25) is 0 Å². The van der Waals surface area contributed by atoms with Gasteiger partial charge in [0.1, 0.15) is 22.4 Å². The average molecular weight is 447 g/mol. The van der Waals surface area contributed by atoms with E-state index in [0.29, 0.717) is 22.9 Å². The van der Waals surface area contributed by atoms with Crippen molar-refractivity contribution in [3.63, 3.8) is 0 Å². The van der Waals surface area contributed by atoms with Crippen LogP contribution in [0.3, 0.4) is 0 Å². The number of hydrogen-bond acceptors (Lipinski definition) is 6. The fraction of sp³-hybridized carbons (Fsp3) is 0.160. The Labute approximate surface area is 190 Å². The lowest BCUT2D eigenvalue weighted by atomic mass is 10.1. The molecular formula is C25H22N2O4S. The van der Waals surface area contributed by atoms with E-state index < -0.39 is 11.9 Å². The Morgan fingerprint density at radius 1 is 1.06 bits per heavy atom. The van der Waals surface area contributed by atoms with E-state index in [-0.39, 0.29) is 17.7 Å². The summed E-state index contributed by atoms with van der Waals surface area (Å²) in [6.07, 6.45) is 1.49. The molecule has 1 amide bonds. The Morgan fingerprint density at radius 2 is 1.78 bits per heavy atom. The number of carbonyl (C=O) groups is 2. The van der Waals surface area contributed by atoms with Gasteiger partial charge < -0.3 is 14.8 Å². The number of nitrogens with one attached hydrogen (secondary N) is 1. The maximum absolute atomic E-state index is 12.8. The molecule has 0 aliphatic carbocycles. The van der Waals surface area contributed by atoms with Crippen LogP contribution in [0.2, 0.25) is 0 Å². The van der Waals surface area contributed by atoms with Gasteiger partial charge in [0.25, 0.3) is 5.91 Å². The molecule has 162 valence electrons. The summed E-state index contributed by atoms with van der Waals surface area (Å²) >= 11 is 1.25. The summed E-state index contributed by atoms with van der Waals surface area (Å²) in [6, 6.07) is 20.2. The van der Waals surface area contributed by atoms with Gasteiger partial charge in [0.15, 0.2) is 0 Å². The number of rotatable bonds is 8. The molecule has 3 rings (SSSR count). The summed E-state index contributed by atoms with van der Waals surface area (Å²) in [7, 11) is 0. The van der Waals surface area contributed by atoms with Gasteiger partial charge in [-0.25, -0.2) is 4.79 Å². The van der Waals surface area contributed by atoms with Crippen LogP contribution in [0.25, 0.3) is 16.5 Å². The van der Waals surface area contributed by atoms with Crippen LogP contribution in [0, 0.1) is 11.3 Å². The average Bonchev–Trinajstić information content (AvgIpc) is 3.23. The first-order valence-corrected chi connectivity index (χ1v) is 10.9. The molecule has 3 aromatic rings. The molecule has 7 heteroatoms. The predicted molar refractivity (Wildman–Crippen MR) is 126 cm³/mol. The van der Waals surface area contributed by atoms with Crippen molar-refractivity contribution in [2.75, 3.05) is 18.5 Å². The second kappa shape index (κ2) is 10.9. The number of nitrogens with zero attached hydrogens (tertiary/aromatic N) is 1. The van der Waals surface area contributed by atoms with Gasteiger partial charge in [-0.05, 0) is 49.2 Å². The van der Waals surface area contributed by atoms with Crippen molar-refractivity contribution in [1.82, 2.24) is 0 Å². The zero-order valence-electron chi connectivity index (χ0n) is 17.8. The molecule has 6 nitrogen and oxygen atoms in total. The standard InChI is InChI=1S/C25H22N2O4S/c1-3-30-20-12-10-17(11-13-20)14-19(16-26)23(28)27-24-21(25(29)31-4-2)15-22(32-24)18-8-6-5-7-9-18/h5-15H,3-4H2,1-2H3,(H,27,28). The molecule has 0 radical (unpaired) electrons. The highest BCUT2D eigenvalue weighted by molar-refractivity contribution is 7.20. The van der Waals surface area contributed by atoms with E-state index in [9.17, 15) is 14.9 Å². The van der Waals surface area contributed by atoms with Gasteiger partial charge in [-0.1, -0.05) is 42.5 Å². The highest BCUT2D eigenvalue weighted by Crippen LogP contribution is 2.36. The summed E-state index contributed by atoms with van der Waals surface area (Å²) in [6.45, 7) is 4.37. The topological polar surface area (TPSA) is 88.4 Å². The van der Waals surface area contributed by atoms with Gasteiger partial charge in [-0.3, -0.25) is 4.79 Å². The van der Waals surface area contributed by atoms with Crippen molar-refractivity contribution in [2.45, 2.75) is 13.8 Å². The number of thiophene rings is 1. The van der Waals surface area contributed by atoms with Crippen LogP contribution < -0.4 is 10.1 Å². The first-order chi connectivity index (χ1) is 15.5. The molecule has 0 spiro atoms. The monoisotopic (exact) mass is 446 g/mol. The van der Waals surface area contributed by atoms with Gasteiger partial charge in [0.05, 0.1) is 18.8 Å². The molecule has 0 saturated heterocycles. The van der Waals surface area contributed by atoms with E-state index >= 15 is 0 Å². The first-order valence-electron chi connectivity index (χ1n) is 10.1. The minimum absolute atomic E-state index is 0.0846. The molecule has 32 heavy (non-hydrogen) atoms. The molecule has 2 aromatic carbocycles. The fourth-order valence-corrected chi connectivity index (χ4v) is 3.95. The quantitative estimate of drug-likeness (QED) is 0.279. The Bertz CT molecular complexity index is 1160. The van der Waals surface area contributed by atoms with Gasteiger partial charge >= 0.3 is 5.97 Å². The lowest BCUT2D eigenvalue weighted by molar-refractivity contribution is -0.112.